The van der Waals surface area contributed by atoms with Crippen LogP contribution >= 0.6 is 0 Å². The smallest absolute Gasteiger partial charge is 0.363 e. The standard InChI is InChI=1S/C23H26F3N5O/c1-14(15-6-4-8-17(10-15)23(24,25)26)29-20-19-11-18(16-7-5-9-30(2)12-16)22(32)31(3)21(19)28-13-27-20/h4,6,8,10-11,13-14,16H,5,7,9,12H2,1-3H3,(H,27,28,29)/t14-,16-/m1/s1. The number of nitrogens with zero attached hydrogens (tertiary/aromatic N) is 4. The highest BCUT2D eigenvalue weighted by Gasteiger charge is 2.31. The van der Waals surface area contributed by atoms with E-state index in [1.807, 2.05) is 13.1 Å². The average Bonchev–Trinajstić information content (AvgIpc) is 2.76. The molecule has 1 fully saturated rings. The predicted molar refractivity (Wildman–Crippen MR) is 118 cm³/mol. The lowest BCUT2D eigenvalue weighted by atomic mass is 9.91. The Bertz CT molecular complexity index is 1190. The van der Waals surface area contributed by atoms with E-state index in [1.165, 1.54) is 17.0 Å². The Kier molecular flexibility index (Phi) is 5.94. The Morgan fingerprint density at radius 3 is 2.69 bits per heavy atom. The van der Waals surface area contributed by atoms with Crippen molar-refractivity contribution in [3.8, 4) is 0 Å². The van der Waals surface area contributed by atoms with Crippen LogP contribution in [0.5, 0.6) is 0 Å². The third kappa shape index (κ3) is 4.34. The summed E-state index contributed by atoms with van der Waals surface area (Å²) in [7, 11) is 3.73. The Morgan fingerprint density at radius 1 is 1.19 bits per heavy atom. The van der Waals surface area contributed by atoms with Crippen molar-refractivity contribution in [1.82, 2.24) is 19.4 Å². The van der Waals surface area contributed by atoms with Gasteiger partial charge in [-0.2, -0.15) is 13.2 Å². The van der Waals surface area contributed by atoms with Crippen LogP contribution in [0.15, 0.2) is 41.5 Å². The van der Waals surface area contributed by atoms with Gasteiger partial charge >= 0.3 is 6.18 Å². The highest BCUT2D eigenvalue weighted by molar-refractivity contribution is 5.87. The number of likely N-dealkylation sites (N-methyl/N-ethyl adjacent to an activating group) is 1. The number of piperidine rings is 1. The van der Waals surface area contributed by atoms with E-state index in [9.17, 15) is 18.0 Å². The minimum Gasteiger partial charge on any atom is -0.363 e. The first kappa shape index (κ1) is 22.3. The quantitative estimate of drug-likeness (QED) is 0.648. The molecule has 170 valence electrons. The Hall–Kier alpha value is -2.94. The minimum absolute atomic E-state index is 0.0756. The average molecular weight is 445 g/mol. The minimum atomic E-state index is -4.41. The first-order valence-corrected chi connectivity index (χ1v) is 10.6. The number of nitrogens with one attached hydrogen (secondary N) is 1. The van der Waals surface area contributed by atoms with Crippen molar-refractivity contribution in [2.24, 2.45) is 7.05 Å². The van der Waals surface area contributed by atoms with Crippen LogP contribution in [0.1, 0.15) is 48.4 Å². The maximum Gasteiger partial charge on any atom is 0.416 e. The summed E-state index contributed by atoms with van der Waals surface area (Å²) in [4.78, 5) is 23.9. The van der Waals surface area contributed by atoms with Crippen molar-refractivity contribution in [1.29, 1.82) is 0 Å². The van der Waals surface area contributed by atoms with E-state index in [-0.39, 0.29) is 11.5 Å². The van der Waals surface area contributed by atoms with Crippen LogP contribution in [0.25, 0.3) is 11.0 Å². The number of likely N-dealkylation sites (tertiary alicyclic amines) is 1. The van der Waals surface area contributed by atoms with Crippen molar-refractivity contribution in [3.05, 3.63) is 63.7 Å². The first-order chi connectivity index (χ1) is 15.1. The van der Waals surface area contributed by atoms with Gasteiger partial charge < -0.3 is 10.2 Å². The van der Waals surface area contributed by atoms with Gasteiger partial charge in [0.05, 0.1) is 10.9 Å². The molecule has 0 radical (unpaired) electrons. The van der Waals surface area contributed by atoms with Gasteiger partial charge in [-0.05, 0) is 57.1 Å². The number of halogens is 3. The third-order valence-corrected chi connectivity index (χ3v) is 6.16. The van der Waals surface area contributed by atoms with Gasteiger partial charge in [-0.1, -0.05) is 12.1 Å². The van der Waals surface area contributed by atoms with Crippen LogP contribution in [0.3, 0.4) is 0 Å². The van der Waals surface area contributed by atoms with Crippen molar-refractivity contribution in [2.75, 3.05) is 25.5 Å². The number of alkyl halides is 3. The molecule has 4 rings (SSSR count). The molecule has 9 heteroatoms. The third-order valence-electron chi connectivity index (χ3n) is 6.16. The van der Waals surface area contributed by atoms with E-state index < -0.39 is 17.8 Å². The number of benzene rings is 1. The van der Waals surface area contributed by atoms with E-state index in [2.05, 4.69) is 20.2 Å². The fourth-order valence-corrected chi connectivity index (χ4v) is 4.39. The number of aromatic nitrogens is 3. The van der Waals surface area contributed by atoms with Crippen LogP contribution in [-0.2, 0) is 13.2 Å². The van der Waals surface area contributed by atoms with Gasteiger partial charge in [-0.3, -0.25) is 9.36 Å². The van der Waals surface area contributed by atoms with Crippen LogP contribution in [0.2, 0.25) is 0 Å². The molecule has 1 saturated heterocycles. The summed E-state index contributed by atoms with van der Waals surface area (Å²) >= 11 is 0. The van der Waals surface area contributed by atoms with Crippen molar-refractivity contribution in [3.63, 3.8) is 0 Å². The molecule has 6 nitrogen and oxygen atoms in total. The zero-order valence-electron chi connectivity index (χ0n) is 18.3. The molecule has 3 heterocycles. The molecular formula is C23H26F3N5O. The normalized spacial score (nSPS) is 18.6. The maximum absolute atomic E-state index is 13.1. The number of rotatable bonds is 4. The molecular weight excluding hydrogens is 419 g/mol. The number of fused-ring (bicyclic) bond motifs is 1. The number of hydrogen-bond donors (Lipinski definition) is 1. The summed E-state index contributed by atoms with van der Waals surface area (Å²) in [6.07, 6.45) is -1.10. The zero-order chi connectivity index (χ0) is 23.0. The van der Waals surface area contributed by atoms with E-state index in [0.29, 0.717) is 22.4 Å². The highest BCUT2D eigenvalue weighted by atomic mass is 19.4. The summed E-state index contributed by atoms with van der Waals surface area (Å²) in [6, 6.07) is 6.66. The molecule has 0 bridgehead atoms. The fraction of sp³-hybridized carbons (Fsp3) is 0.435. The van der Waals surface area contributed by atoms with Crippen LogP contribution in [-0.4, -0.2) is 39.6 Å². The van der Waals surface area contributed by atoms with Gasteiger partial charge in [0, 0.05) is 31.1 Å². The lowest BCUT2D eigenvalue weighted by Gasteiger charge is -2.30. The molecule has 0 aliphatic carbocycles. The van der Waals surface area contributed by atoms with Crippen molar-refractivity contribution in [2.45, 2.75) is 37.9 Å². The summed E-state index contributed by atoms with van der Waals surface area (Å²) in [6.45, 7) is 3.59. The van der Waals surface area contributed by atoms with E-state index in [4.69, 9.17) is 0 Å². The summed E-state index contributed by atoms with van der Waals surface area (Å²) in [5.41, 5.74) is 0.925. The second kappa shape index (κ2) is 8.54. The van der Waals surface area contributed by atoms with E-state index >= 15 is 0 Å². The fourth-order valence-electron chi connectivity index (χ4n) is 4.39. The van der Waals surface area contributed by atoms with Gasteiger partial charge in [0.25, 0.3) is 5.56 Å². The summed E-state index contributed by atoms with van der Waals surface area (Å²) in [5, 5.41) is 3.90. The molecule has 0 spiro atoms. The SMILES string of the molecule is C[C@@H](Nc1ncnc2c1cc([C@@H]1CCCN(C)C1)c(=O)n2C)c1cccc(C(F)(F)F)c1. The van der Waals surface area contributed by atoms with Crippen molar-refractivity contribution >= 4 is 16.9 Å². The Balaban J connectivity index is 1.72. The largest absolute Gasteiger partial charge is 0.416 e. The van der Waals surface area contributed by atoms with Crippen LogP contribution in [0.4, 0.5) is 19.0 Å². The maximum atomic E-state index is 13.1. The molecule has 2 aromatic heterocycles. The van der Waals surface area contributed by atoms with E-state index in [0.717, 1.165) is 43.6 Å². The van der Waals surface area contributed by atoms with Gasteiger partial charge in [0.2, 0.25) is 0 Å². The van der Waals surface area contributed by atoms with Gasteiger partial charge in [-0.15, -0.1) is 0 Å². The zero-order valence-corrected chi connectivity index (χ0v) is 18.3. The molecule has 2 atom stereocenters. The van der Waals surface area contributed by atoms with E-state index in [1.54, 1.807) is 20.0 Å². The monoisotopic (exact) mass is 445 g/mol. The molecule has 0 amide bonds. The van der Waals surface area contributed by atoms with Crippen molar-refractivity contribution < 1.29 is 13.2 Å². The van der Waals surface area contributed by atoms with Crippen LogP contribution in [0, 0.1) is 0 Å². The number of pyridine rings is 1. The highest BCUT2D eigenvalue weighted by Crippen LogP contribution is 2.32. The lowest BCUT2D eigenvalue weighted by molar-refractivity contribution is -0.137. The molecule has 1 aliphatic heterocycles. The number of hydrogen-bond acceptors (Lipinski definition) is 5. The molecule has 1 aliphatic rings. The predicted octanol–water partition coefficient (Wildman–Crippen LogP) is 4.33. The lowest BCUT2D eigenvalue weighted by Crippen LogP contribution is -2.34. The van der Waals surface area contributed by atoms with Gasteiger partial charge in [-0.25, -0.2) is 9.97 Å². The topological polar surface area (TPSA) is 63.1 Å². The molecule has 32 heavy (non-hydrogen) atoms. The molecule has 0 saturated carbocycles. The molecule has 3 aromatic rings. The first-order valence-electron chi connectivity index (χ1n) is 10.6. The van der Waals surface area contributed by atoms with Gasteiger partial charge in [0.15, 0.2) is 0 Å². The Morgan fingerprint density at radius 2 is 1.97 bits per heavy atom. The van der Waals surface area contributed by atoms with Gasteiger partial charge in [0.1, 0.15) is 17.8 Å². The number of anilines is 1. The second-order valence-electron chi connectivity index (χ2n) is 8.51. The molecule has 1 N–H and O–H groups in total. The molecule has 1 aromatic carbocycles. The summed E-state index contributed by atoms with van der Waals surface area (Å²) < 4.78 is 40.9. The molecule has 0 unspecified atom stereocenters. The van der Waals surface area contributed by atoms with Crippen LogP contribution < -0.4 is 10.9 Å². The Labute approximate surface area is 184 Å². The second-order valence-corrected chi connectivity index (χ2v) is 8.51. The summed E-state index contributed by atoms with van der Waals surface area (Å²) in [5.74, 6) is 0.603. The number of aryl methyl sites for hydroxylation is 1.